The van der Waals surface area contributed by atoms with Gasteiger partial charge in [0.2, 0.25) is 0 Å². The number of ketones is 2. The number of Topliss-reactive ketones (excluding diaryl/α,β-unsaturated/α-hetero) is 2. The molecule has 0 saturated carbocycles. The third-order valence-corrected chi connectivity index (χ3v) is 12.7. The van der Waals surface area contributed by atoms with Crippen LogP contribution in [0.2, 0.25) is 0 Å². The molecule has 0 radical (unpaired) electrons. The molecule has 0 spiro atoms. The zero-order chi connectivity index (χ0) is 42.7. The molecule has 16 nitrogen and oxygen atoms in total. The van der Waals surface area contributed by atoms with Crippen molar-refractivity contribution in [1.29, 1.82) is 0 Å². The van der Waals surface area contributed by atoms with Crippen molar-refractivity contribution in [2.45, 2.75) is 148 Å². The number of esters is 1. The van der Waals surface area contributed by atoms with Gasteiger partial charge in [-0.2, -0.15) is 0 Å². The Morgan fingerprint density at radius 1 is 0.983 bits per heavy atom. The van der Waals surface area contributed by atoms with Crippen molar-refractivity contribution in [3.05, 3.63) is 30.6 Å². The van der Waals surface area contributed by atoms with Crippen molar-refractivity contribution in [1.82, 2.24) is 29.8 Å². The second-order valence-corrected chi connectivity index (χ2v) is 17.2. The van der Waals surface area contributed by atoms with Gasteiger partial charge in [0.25, 0.3) is 0 Å². The van der Waals surface area contributed by atoms with Crippen LogP contribution in [-0.4, -0.2) is 140 Å². The highest BCUT2D eigenvalue weighted by Crippen LogP contribution is 2.43. The van der Waals surface area contributed by atoms with Crippen LogP contribution in [0.3, 0.4) is 0 Å². The molecular formula is C42H64N6O10. The maximum absolute atomic E-state index is 14.7. The van der Waals surface area contributed by atoms with Crippen LogP contribution in [0.15, 0.2) is 30.6 Å². The average Bonchev–Trinajstić information content (AvgIpc) is 3.78. The Morgan fingerprint density at radius 3 is 2.33 bits per heavy atom. The molecular weight excluding hydrogens is 748 g/mol. The zero-order valence-electron chi connectivity index (χ0n) is 36.0. The van der Waals surface area contributed by atoms with Gasteiger partial charge in [-0.15, -0.1) is 5.10 Å². The summed E-state index contributed by atoms with van der Waals surface area (Å²) in [6.45, 7) is 14.7. The van der Waals surface area contributed by atoms with Gasteiger partial charge in [0, 0.05) is 50.2 Å². The lowest BCUT2D eigenvalue weighted by Gasteiger charge is -2.47. The normalized spacial score (nSPS) is 36.7. The molecule has 16 heteroatoms. The highest BCUT2D eigenvalue weighted by Gasteiger charge is 2.60. The van der Waals surface area contributed by atoms with Crippen LogP contribution in [0, 0.1) is 23.7 Å². The molecule has 2 aromatic rings. The first-order chi connectivity index (χ1) is 27.4. The molecule has 0 unspecified atom stereocenters. The third-order valence-electron chi connectivity index (χ3n) is 12.7. The highest BCUT2D eigenvalue weighted by atomic mass is 16.7. The van der Waals surface area contributed by atoms with Crippen molar-refractivity contribution >= 4 is 23.6 Å². The molecule has 13 atom stereocenters. The molecule has 3 fully saturated rings. The highest BCUT2D eigenvalue weighted by molar-refractivity contribution is 6.00. The number of unbranched alkanes of at least 4 members (excludes halogenated alkanes) is 1. The molecule has 1 N–H and O–H groups in total. The Hall–Kier alpha value is -3.83. The Morgan fingerprint density at radius 2 is 1.69 bits per heavy atom. The summed E-state index contributed by atoms with van der Waals surface area (Å²) in [6.07, 6.45) is 0.596. The molecule has 0 aromatic carbocycles. The smallest absolute Gasteiger partial charge is 0.410 e. The van der Waals surface area contributed by atoms with Gasteiger partial charge in [0.15, 0.2) is 17.7 Å². The predicted octanol–water partition coefficient (Wildman–Crippen LogP) is 4.32. The number of hydrogen-bond acceptors (Lipinski definition) is 14. The number of aliphatic hydroxyl groups is 1. The Bertz CT molecular complexity index is 1740. The number of hydrogen-bond donors (Lipinski definition) is 1. The monoisotopic (exact) mass is 812 g/mol. The van der Waals surface area contributed by atoms with E-state index in [0.717, 1.165) is 0 Å². The number of amides is 1. The fourth-order valence-electron chi connectivity index (χ4n) is 9.30. The number of aromatic nitrogens is 4. The van der Waals surface area contributed by atoms with Crippen LogP contribution in [-0.2, 0) is 44.6 Å². The molecule has 1 amide bonds. The van der Waals surface area contributed by atoms with Gasteiger partial charge < -0.3 is 38.6 Å². The first-order valence-corrected chi connectivity index (χ1v) is 20.7. The maximum Gasteiger partial charge on any atom is 0.410 e. The molecule has 3 aliphatic heterocycles. The van der Waals surface area contributed by atoms with Crippen LogP contribution in [0.1, 0.15) is 87.5 Å². The fourth-order valence-corrected chi connectivity index (χ4v) is 9.30. The summed E-state index contributed by atoms with van der Waals surface area (Å²) in [5.74, 6) is -5.01. The van der Waals surface area contributed by atoms with Crippen LogP contribution < -0.4 is 0 Å². The number of likely N-dealkylation sites (N-methyl/N-ethyl adjacent to an activating group) is 1. The van der Waals surface area contributed by atoms with Gasteiger partial charge in [0.05, 0.1) is 35.7 Å². The van der Waals surface area contributed by atoms with Crippen LogP contribution in [0.5, 0.6) is 0 Å². The topological polar surface area (TPSA) is 185 Å². The summed E-state index contributed by atoms with van der Waals surface area (Å²) in [5, 5.41) is 19.9. The Kier molecular flexibility index (Phi) is 14.5. The molecule has 58 heavy (non-hydrogen) atoms. The van der Waals surface area contributed by atoms with E-state index >= 15 is 0 Å². The summed E-state index contributed by atoms with van der Waals surface area (Å²) in [5.41, 5.74) is -1.32. The number of aryl methyl sites for hydroxylation is 1. The van der Waals surface area contributed by atoms with E-state index in [2.05, 4.69) is 15.3 Å². The summed E-state index contributed by atoms with van der Waals surface area (Å²) in [4.78, 5) is 64.6. The third kappa shape index (κ3) is 9.30. The Labute approximate surface area is 342 Å². The number of carbonyl (C=O) groups is 4. The Balaban J connectivity index is 1.43. The second-order valence-electron chi connectivity index (χ2n) is 17.2. The number of pyridine rings is 1. The minimum atomic E-state index is -1.41. The van der Waals surface area contributed by atoms with E-state index in [9.17, 15) is 24.3 Å². The van der Waals surface area contributed by atoms with Gasteiger partial charge in [0.1, 0.15) is 29.6 Å². The SMILES string of the molecule is CC[C@H]1OC(=O)[C@H](C)C(=O)[C@H](C)[C@@H](O[C@@H]2O[C@H](C)C[C@H](N(C)C)[C@H]2O)[C@@](C)(OC)C[C@@H](C)C(=O)[C@H](C)[C@H]2N(CCCCn3cc(-c4ccccn4)nn3)C(=O)O[C@]12C. The number of nitrogens with zero attached hydrogens (tertiary/aromatic N) is 6. The van der Waals surface area contributed by atoms with Crippen molar-refractivity contribution in [3.8, 4) is 11.4 Å². The van der Waals surface area contributed by atoms with Crippen LogP contribution >= 0.6 is 0 Å². The predicted molar refractivity (Wildman–Crippen MR) is 212 cm³/mol. The molecule has 0 aliphatic carbocycles. The number of aliphatic hydroxyl groups excluding tert-OH is 1. The van der Waals surface area contributed by atoms with Gasteiger partial charge >= 0.3 is 12.1 Å². The number of carbonyl (C=O) groups excluding carboxylic acids is 4. The zero-order valence-corrected chi connectivity index (χ0v) is 36.0. The van der Waals surface area contributed by atoms with Gasteiger partial charge in [-0.1, -0.05) is 39.0 Å². The van der Waals surface area contributed by atoms with E-state index in [0.29, 0.717) is 37.2 Å². The van der Waals surface area contributed by atoms with Gasteiger partial charge in [-0.3, -0.25) is 24.0 Å². The molecule has 2 aromatic heterocycles. The van der Waals surface area contributed by atoms with E-state index in [1.54, 1.807) is 50.4 Å². The maximum atomic E-state index is 14.7. The van der Waals surface area contributed by atoms with E-state index in [1.807, 2.05) is 57.2 Å². The van der Waals surface area contributed by atoms with Crippen molar-refractivity contribution in [3.63, 3.8) is 0 Å². The number of fused-ring (bicyclic) bond motifs is 1. The lowest BCUT2D eigenvalue weighted by Crippen LogP contribution is -2.60. The summed E-state index contributed by atoms with van der Waals surface area (Å²) < 4.78 is 32.9. The van der Waals surface area contributed by atoms with Gasteiger partial charge in [-0.25, -0.2) is 4.79 Å². The minimum Gasteiger partial charge on any atom is -0.458 e. The number of methoxy groups -OCH3 is 1. The minimum absolute atomic E-state index is 0.122. The van der Waals surface area contributed by atoms with Crippen molar-refractivity contribution in [2.24, 2.45) is 23.7 Å². The number of cyclic esters (lactones) is 1. The molecule has 0 bridgehead atoms. The van der Waals surface area contributed by atoms with E-state index in [-0.39, 0.29) is 37.3 Å². The van der Waals surface area contributed by atoms with Crippen molar-refractivity contribution in [2.75, 3.05) is 27.7 Å². The fraction of sp³-hybridized carbons (Fsp3) is 0.738. The molecule has 5 heterocycles. The van der Waals surface area contributed by atoms with Crippen LogP contribution in [0.25, 0.3) is 11.4 Å². The quantitative estimate of drug-likeness (QED) is 0.192. The number of rotatable bonds is 11. The molecule has 5 rings (SSSR count). The van der Waals surface area contributed by atoms with Gasteiger partial charge in [-0.05, 0) is 86.0 Å². The van der Waals surface area contributed by atoms with E-state index in [1.165, 1.54) is 14.0 Å². The average molecular weight is 813 g/mol. The molecule has 3 saturated heterocycles. The summed E-state index contributed by atoms with van der Waals surface area (Å²) in [6, 6.07) is 4.49. The van der Waals surface area contributed by atoms with E-state index < -0.39 is 83.4 Å². The lowest BCUT2D eigenvalue weighted by molar-refractivity contribution is -0.295. The van der Waals surface area contributed by atoms with Crippen LogP contribution in [0.4, 0.5) is 4.79 Å². The second kappa shape index (κ2) is 18.6. The first-order valence-electron chi connectivity index (χ1n) is 20.7. The summed E-state index contributed by atoms with van der Waals surface area (Å²) >= 11 is 0. The molecule has 3 aliphatic rings. The lowest BCUT2D eigenvalue weighted by atomic mass is 9.73. The van der Waals surface area contributed by atoms with Crippen molar-refractivity contribution < 1.29 is 48.0 Å². The largest absolute Gasteiger partial charge is 0.458 e. The number of ether oxygens (including phenoxy) is 5. The first kappa shape index (κ1) is 45.3. The van der Waals surface area contributed by atoms with E-state index in [4.69, 9.17) is 23.7 Å². The standard InChI is InChI=1S/C42H64N6O10/c1-12-32-42(8)36(48(40(53)58-42)20-16-15-19-47-23-30(44-45-47)29-17-13-14-18-43-29)26(4)33(49)24(2)22-41(7,54-11)37(27(5)34(50)28(6)38(52)56-32)57-39-35(51)31(46(9)10)21-25(3)55-39/h13-14,17-18,23-28,31-32,35-37,39,51H,12,15-16,19-22H2,1-11H3/t24-,25-,26+,27+,28-,31+,32-,35-,36-,37-,39+,41+,42-/m1/s1. The summed E-state index contributed by atoms with van der Waals surface area (Å²) in [7, 11) is 5.23. The molecule has 322 valence electrons.